The highest BCUT2D eigenvalue weighted by atomic mass is 35.5. The minimum Gasteiger partial charge on any atom is -0.379 e. The molecule has 2 aromatic rings. The lowest BCUT2D eigenvalue weighted by molar-refractivity contribution is -0.0301. The zero-order valence-corrected chi connectivity index (χ0v) is 17.3. The maximum atomic E-state index is 13.8. The first kappa shape index (κ1) is 20.5. The summed E-state index contributed by atoms with van der Waals surface area (Å²) in [5.41, 5.74) is 1.85. The average molecular weight is 415 g/mol. The second-order valence-corrected chi connectivity index (χ2v) is 7.90. The summed E-state index contributed by atoms with van der Waals surface area (Å²) >= 11 is 6.16. The minimum atomic E-state index is -0.291. The molecular weight excluding hydrogens is 388 g/mol. The first-order valence-electron chi connectivity index (χ1n) is 10.2. The van der Waals surface area contributed by atoms with Crippen LogP contribution in [0.1, 0.15) is 22.0 Å². The molecule has 2 aromatic carbocycles. The fraction of sp³-hybridized carbons (Fsp3) is 0.435. The molecule has 2 aliphatic rings. The number of morpholine rings is 2. The number of carbonyl (C=O) groups is 1. The van der Waals surface area contributed by atoms with Crippen LogP contribution in [0.2, 0.25) is 5.02 Å². The van der Waals surface area contributed by atoms with Crippen molar-refractivity contribution in [3.05, 3.63) is 70.7 Å². The standard InChI is InChI=1S/C23H27ClN2O3/c24-20-8-6-18(7-9-20)21(25-10-14-28-15-11-25)22(26-12-16-29-17-13-26)23(27)19-4-2-1-3-5-19/h1-9,21-22H,10-17H2/t21-,22+/m1/s1. The summed E-state index contributed by atoms with van der Waals surface area (Å²) < 4.78 is 11.2. The van der Waals surface area contributed by atoms with Crippen molar-refractivity contribution in [1.29, 1.82) is 0 Å². The monoisotopic (exact) mass is 414 g/mol. The van der Waals surface area contributed by atoms with E-state index in [0.29, 0.717) is 31.5 Å². The molecular formula is C23H27ClN2O3. The van der Waals surface area contributed by atoms with Gasteiger partial charge in [-0.3, -0.25) is 14.6 Å². The number of carbonyl (C=O) groups excluding carboxylic acids is 1. The van der Waals surface area contributed by atoms with Crippen LogP contribution in [-0.4, -0.2) is 74.2 Å². The molecule has 0 radical (unpaired) electrons. The largest absolute Gasteiger partial charge is 0.379 e. The number of ether oxygens (including phenoxy) is 2. The van der Waals surface area contributed by atoms with Crippen molar-refractivity contribution < 1.29 is 14.3 Å². The molecule has 0 aromatic heterocycles. The number of hydrogen-bond donors (Lipinski definition) is 0. The van der Waals surface area contributed by atoms with Crippen LogP contribution in [0, 0.1) is 0 Å². The van der Waals surface area contributed by atoms with Crippen LogP contribution in [0.3, 0.4) is 0 Å². The smallest absolute Gasteiger partial charge is 0.181 e. The summed E-state index contributed by atoms with van der Waals surface area (Å²) in [6.07, 6.45) is 0. The van der Waals surface area contributed by atoms with Crippen LogP contribution in [0.4, 0.5) is 0 Å². The van der Waals surface area contributed by atoms with E-state index in [1.54, 1.807) is 0 Å². The Hall–Kier alpha value is -1.76. The number of ketones is 1. The Balaban J connectivity index is 1.75. The molecule has 0 saturated carbocycles. The molecule has 0 spiro atoms. The van der Waals surface area contributed by atoms with E-state index >= 15 is 0 Å². The van der Waals surface area contributed by atoms with Gasteiger partial charge in [0, 0.05) is 36.8 Å². The Labute approximate surface area is 177 Å². The molecule has 0 amide bonds. The molecule has 0 bridgehead atoms. The number of hydrogen-bond acceptors (Lipinski definition) is 5. The van der Waals surface area contributed by atoms with Gasteiger partial charge in [-0.15, -0.1) is 0 Å². The van der Waals surface area contributed by atoms with Crippen molar-refractivity contribution in [2.24, 2.45) is 0 Å². The van der Waals surface area contributed by atoms with Gasteiger partial charge in [0.2, 0.25) is 0 Å². The van der Waals surface area contributed by atoms with Crippen molar-refractivity contribution in [1.82, 2.24) is 9.80 Å². The highest BCUT2D eigenvalue weighted by molar-refractivity contribution is 6.30. The number of Topliss-reactive ketones (excluding diaryl/α,β-unsaturated/α-hetero) is 1. The van der Waals surface area contributed by atoms with E-state index in [-0.39, 0.29) is 17.9 Å². The number of benzene rings is 2. The second kappa shape index (κ2) is 9.83. The van der Waals surface area contributed by atoms with E-state index in [1.165, 1.54) is 0 Å². The normalized spacial score (nSPS) is 20.9. The van der Waals surface area contributed by atoms with Crippen molar-refractivity contribution in [3.8, 4) is 0 Å². The summed E-state index contributed by atoms with van der Waals surface area (Å²) in [5.74, 6) is 0.152. The van der Waals surface area contributed by atoms with E-state index in [4.69, 9.17) is 21.1 Å². The first-order valence-corrected chi connectivity index (χ1v) is 10.6. The van der Waals surface area contributed by atoms with Gasteiger partial charge in [0.05, 0.1) is 38.5 Å². The Morgan fingerprint density at radius 3 is 1.93 bits per heavy atom. The predicted octanol–water partition coefficient (Wildman–Crippen LogP) is 3.30. The van der Waals surface area contributed by atoms with Gasteiger partial charge < -0.3 is 9.47 Å². The van der Waals surface area contributed by atoms with Crippen LogP contribution in [-0.2, 0) is 9.47 Å². The van der Waals surface area contributed by atoms with Gasteiger partial charge in [-0.1, -0.05) is 54.1 Å². The fourth-order valence-electron chi connectivity index (χ4n) is 4.25. The van der Waals surface area contributed by atoms with Crippen molar-refractivity contribution in [2.75, 3.05) is 52.6 Å². The quantitative estimate of drug-likeness (QED) is 0.678. The van der Waals surface area contributed by atoms with Crippen molar-refractivity contribution in [2.45, 2.75) is 12.1 Å². The number of halogens is 1. The zero-order valence-electron chi connectivity index (χ0n) is 16.5. The molecule has 0 unspecified atom stereocenters. The van der Waals surface area contributed by atoms with E-state index in [1.807, 2.05) is 54.6 Å². The Kier molecular flexibility index (Phi) is 6.95. The van der Waals surface area contributed by atoms with Gasteiger partial charge in [-0.05, 0) is 17.7 Å². The van der Waals surface area contributed by atoms with Crippen LogP contribution < -0.4 is 0 Å². The van der Waals surface area contributed by atoms with Crippen LogP contribution in [0.15, 0.2) is 54.6 Å². The summed E-state index contributed by atoms with van der Waals surface area (Å²) in [6.45, 7) is 5.75. The maximum Gasteiger partial charge on any atom is 0.181 e. The van der Waals surface area contributed by atoms with E-state index in [9.17, 15) is 4.79 Å². The second-order valence-electron chi connectivity index (χ2n) is 7.47. The van der Waals surface area contributed by atoms with Crippen LogP contribution in [0.5, 0.6) is 0 Å². The summed E-state index contributed by atoms with van der Waals surface area (Å²) in [6, 6.07) is 17.2. The lowest BCUT2D eigenvalue weighted by Gasteiger charge is -2.44. The third-order valence-electron chi connectivity index (χ3n) is 5.72. The topological polar surface area (TPSA) is 42.0 Å². The molecule has 2 atom stereocenters. The Morgan fingerprint density at radius 2 is 1.34 bits per heavy atom. The number of nitrogens with zero attached hydrogens (tertiary/aromatic N) is 2. The third-order valence-corrected chi connectivity index (χ3v) is 5.97. The lowest BCUT2D eigenvalue weighted by atomic mass is 9.89. The molecule has 2 fully saturated rings. The highest BCUT2D eigenvalue weighted by Crippen LogP contribution is 2.32. The molecule has 29 heavy (non-hydrogen) atoms. The van der Waals surface area contributed by atoms with Crippen molar-refractivity contribution >= 4 is 17.4 Å². The fourth-order valence-corrected chi connectivity index (χ4v) is 4.37. The lowest BCUT2D eigenvalue weighted by Crippen LogP contribution is -2.55. The molecule has 0 aliphatic carbocycles. The molecule has 2 aliphatic heterocycles. The van der Waals surface area contributed by atoms with Crippen molar-refractivity contribution in [3.63, 3.8) is 0 Å². The van der Waals surface area contributed by atoms with Gasteiger partial charge in [0.25, 0.3) is 0 Å². The van der Waals surface area contributed by atoms with E-state index in [0.717, 1.165) is 37.3 Å². The van der Waals surface area contributed by atoms with E-state index < -0.39 is 0 Å². The van der Waals surface area contributed by atoms with Gasteiger partial charge in [-0.25, -0.2) is 0 Å². The van der Waals surface area contributed by atoms with Crippen LogP contribution in [0.25, 0.3) is 0 Å². The van der Waals surface area contributed by atoms with Gasteiger partial charge >= 0.3 is 0 Å². The predicted molar refractivity (Wildman–Crippen MR) is 114 cm³/mol. The molecule has 4 rings (SSSR count). The first-order chi connectivity index (χ1) is 14.2. The van der Waals surface area contributed by atoms with Gasteiger partial charge in [0.1, 0.15) is 0 Å². The molecule has 2 heterocycles. The van der Waals surface area contributed by atoms with E-state index in [2.05, 4.69) is 9.80 Å². The molecule has 0 N–H and O–H groups in total. The highest BCUT2D eigenvalue weighted by Gasteiger charge is 2.39. The molecule has 154 valence electrons. The average Bonchev–Trinajstić information content (AvgIpc) is 2.79. The maximum absolute atomic E-state index is 13.8. The summed E-state index contributed by atoms with van der Waals surface area (Å²) in [5, 5.41) is 0.701. The Bertz CT molecular complexity index is 788. The summed E-state index contributed by atoms with van der Waals surface area (Å²) in [7, 11) is 0. The minimum absolute atomic E-state index is 0.0676. The third kappa shape index (κ3) is 4.87. The number of rotatable bonds is 6. The molecule has 5 nitrogen and oxygen atoms in total. The zero-order chi connectivity index (χ0) is 20.1. The SMILES string of the molecule is O=C(c1ccccc1)[C@H]([C@@H](c1ccc(Cl)cc1)N1CCOCC1)N1CCOCC1. The molecule has 2 saturated heterocycles. The van der Waals surface area contributed by atoms with Crippen LogP contribution >= 0.6 is 11.6 Å². The Morgan fingerprint density at radius 1 is 0.793 bits per heavy atom. The summed E-state index contributed by atoms with van der Waals surface area (Å²) in [4.78, 5) is 18.5. The molecule has 6 heteroatoms. The van der Waals surface area contributed by atoms with Gasteiger partial charge in [-0.2, -0.15) is 0 Å². The van der Waals surface area contributed by atoms with Gasteiger partial charge in [0.15, 0.2) is 5.78 Å².